The number of hydrogen-bond donors (Lipinski definition) is 0. The summed E-state index contributed by atoms with van der Waals surface area (Å²) < 4.78 is 11.1. The summed E-state index contributed by atoms with van der Waals surface area (Å²) in [6.45, 7) is 2.84. The first kappa shape index (κ1) is 20.2. The van der Waals surface area contributed by atoms with Crippen LogP contribution in [0.2, 0.25) is 0 Å². The van der Waals surface area contributed by atoms with E-state index in [2.05, 4.69) is 22.1 Å². The molecule has 0 N–H and O–H groups in total. The van der Waals surface area contributed by atoms with Gasteiger partial charge in [0.15, 0.2) is 0 Å². The van der Waals surface area contributed by atoms with Gasteiger partial charge in [-0.15, -0.1) is 0 Å². The van der Waals surface area contributed by atoms with Gasteiger partial charge < -0.3 is 9.47 Å². The molecule has 1 heterocycles. The maximum atomic E-state index is 12.3. The molecule has 1 aromatic heterocycles. The second-order valence-electron chi connectivity index (χ2n) is 6.37. The maximum Gasteiger partial charge on any atom is 0.343 e. The van der Waals surface area contributed by atoms with Gasteiger partial charge in [0.25, 0.3) is 0 Å². The molecule has 0 aliphatic carbocycles. The van der Waals surface area contributed by atoms with Gasteiger partial charge in [-0.05, 0) is 67.1 Å². The first-order chi connectivity index (χ1) is 14.2. The maximum absolute atomic E-state index is 12.3. The third-order valence-corrected chi connectivity index (χ3v) is 4.10. The number of nitrogens with zero attached hydrogens (tertiary/aromatic N) is 3. The molecular formula is C23H23N3O3. The number of azo groups is 1. The molecule has 3 rings (SSSR count). The molecule has 0 atom stereocenters. The van der Waals surface area contributed by atoms with Crippen LogP contribution in [0.5, 0.6) is 11.5 Å². The van der Waals surface area contributed by atoms with Crippen LogP contribution in [0, 0.1) is 0 Å². The Morgan fingerprint density at radius 2 is 1.45 bits per heavy atom. The van der Waals surface area contributed by atoms with Crippen molar-refractivity contribution in [2.45, 2.75) is 26.2 Å². The summed E-state index contributed by atoms with van der Waals surface area (Å²) >= 11 is 0. The Morgan fingerprint density at radius 3 is 2.10 bits per heavy atom. The van der Waals surface area contributed by atoms with Gasteiger partial charge in [0.2, 0.25) is 0 Å². The highest BCUT2D eigenvalue weighted by Gasteiger charge is 2.09. The van der Waals surface area contributed by atoms with Gasteiger partial charge in [0, 0.05) is 12.4 Å². The van der Waals surface area contributed by atoms with Crippen molar-refractivity contribution < 1.29 is 14.3 Å². The molecule has 29 heavy (non-hydrogen) atoms. The van der Waals surface area contributed by atoms with Gasteiger partial charge in [0.05, 0.1) is 23.5 Å². The molecule has 0 unspecified atom stereocenters. The zero-order valence-electron chi connectivity index (χ0n) is 16.3. The van der Waals surface area contributed by atoms with Crippen molar-refractivity contribution in [3.8, 4) is 11.5 Å². The van der Waals surface area contributed by atoms with Gasteiger partial charge in [-0.2, -0.15) is 10.2 Å². The van der Waals surface area contributed by atoms with E-state index in [9.17, 15) is 4.79 Å². The molecule has 0 aliphatic rings. The molecule has 0 amide bonds. The summed E-state index contributed by atoms with van der Waals surface area (Å²) in [6.07, 6.45) is 6.64. The lowest BCUT2D eigenvalue weighted by atomic mass is 10.2. The minimum absolute atomic E-state index is 0.423. The summed E-state index contributed by atoms with van der Waals surface area (Å²) in [7, 11) is 0. The molecule has 6 nitrogen and oxygen atoms in total. The van der Waals surface area contributed by atoms with E-state index in [1.807, 2.05) is 0 Å². The number of ether oxygens (including phenoxy) is 2. The monoisotopic (exact) mass is 389 g/mol. The van der Waals surface area contributed by atoms with Crippen molar-refractivity contribution in [1.82, 2.24) is 4.98 Å². The predicted molar refractivity (Wildman–Crippen MR) is 111 cm³/mol. The normalized spacial score (nSPS) is 10.8. The van der Waals surface area contributed by atoms with Crippen LogP contribution in [-0.2, 0) is 0 Å². The fourth-order valence-electron chi connectivity index (χ4n) is 2.50. The van der Waals surface area contributed by atoms with Crippen LogP contribution in [0.15, 0.2) is 83.3 Å². The highest BCUT2D eigenvalue weighted by molar-refractivity contribution is 5.91. The molecule has 0 fully saturated rings. The van der Waals surface area contributed by atoms with E-state index in [1.165, 1.54) is 0 Å². The van der Waals surface area contributed by atoms with Gasteiger partial charge in [0.1, 0.15) is 11.5 Å². The Balaban J connectivity index is 1.53. The molecule has 3 aromatic rings. The summed E-state index contributed by atoms with van der Waals surface area (Å²) in [5.74, 6) is 0.771. The van der Waals surface area contributed by atoms with Crippen LogP contribution < -0.4 is 9.47 Å². The molecule has 0 saturated heterocycles. The number of aromatic nitrogens is 1. The van der Waals surface area contributed by atoms with Crippen LogP contribution >= 0.6 is 0 Å². The number of carbonyl (C=O) groups is 1. The quantitative estimate of drug-likeness (QED) is 0.187. The standard InChI is InChI=1S/C23H23N3O3/c1-2-3-4-17-28-21-9-5-18(6-10-21)23(27)29-22-11-7-19(8-12-22)25-26-20-13-15-24-16-14-20/h5-16H,2-4,17H2,1H3. The van der Waals surface area contributed by atoms with Gasteiger partial charge in [-0.1, -0.05) is 19.8 Å². The zero-order valence-corrected chi connectivity index (χ0v) is 16.3. The Hall–Kier alpha value is -3.54. The summed E-state index contributed by atoms with van der Waals surface area (Å²) in [5.41, 5.74) is 1.84. The van der Waals surface area contributed by atoms with E-state index < -0.39 is 5.97 Å². The van der Waals surface area contributed by atoms with E-state index in [0.717, 1.165) is 25.0 Å². The van der Waals surface area contributed by atoms with Crippen LogP contribution in [0.4, 0.5) is 11.4 Å². The lowest BCUT2D eigenvalue weighted by Crippen LogP contribution is -2.08. The topological polar surface area (TPSA) is 73.1 Å². The number of pyridine rings is 1. The Kier molecular flexibility index (Phi) is 7.46. The summed E-state index contributed by atoms with van der Waals surface area (Å²) in [5, 5.41) is 8.26. The third-order valence-electron chi connectivity index (χ3n) is 4.10. The smallest absolute Gasteiger partial charge is 0.343 e. The van der Waals surface area contributed by atoms with Gasteiger partial charge >= 0.3 is 5.97 Å². The van der Waals surface area contributed by atoms with Gasteiger partial charge in [-0.3, -0.25) is 4.98 Å². The molecule has 0 bridgehead atoms. The first-order valence-electron chi connectivity index (χ1n) is 9.61. The second-order valence-corrected chi connectivity index (χ2v) is 6.37. The first-order valence-corrected chi connectivity index (χ1v) is 9.61. The Morgan fingerprint density at radius 1 is 0.828 bits per heavy atom. The average molecular weight is 389 g/mol. The van der Waals surface area contributed by atoms with Crippen molar-refractivity contribution in [2.24, 2.45) is 10.2 Å². The van der Waals surface area contributed by atoms with Crippen LogP contribution in [0.25, 0.3) is 0 Å². The highest BCUT2D eigenvalue weighted by atomic mass is 16.5. The molecule has 0 saturated carbocycles. The molecule has 148 valence electrons. The number of hydrogen-bond acceptors (Lipinski definition) is 6. The number of benzene rings is 2. The Bertz CT molecular complexity index is 924. The number of rotatable bonds is 9. The van der Waals surface area contributed by atoms with Crippen molar-refractivity contribution in [3.63, 3.8) is 0 Å². The fraction of sp³-hybridized carbons (Fsp3) is 0.217. The van der Waals surface area contributed by atoms with Crippen molar-refractivity contribution in [1.29, 1.82) is 0 Å². The van der Waals surface area contributed by atoms with Crippen LogP contribution in [0.1, 0.15) is 36.5 Å². The van der Waals surface area contributed by atoms with Crippen LogP contribution in [0.3, 0.4) is 0 Å². The Labute approximate surface area is 170 Å². The minimum atomic E-state index is -0.423. The van der Waals surface area contributed by atoms with E-state index in [-0.39, 0.29) is 0 Å². The van der Waals surface area contributed by atoms with Crippen molar-refractivity contribution in [3.05, 3.63) is 78.6 Å². The minimum Gasteiger partial charge on any atom is -0.494 e. The SMILES string of the molecule is CCCCCOc1ccc(C(=O)Oc2ccc(N=Nc3ccncc3)cc2)cc1. The zero-order chi connectivity index (χ0) is 20.3. The molecule has 6 heteroatoms. The summed E-state index contributed by atoms with van der Waals surface area (Å²) in [4.78, 5) is 16.2. The molecule has 0 radical (unpaired) electrons. The van der Waals surface area contributed by atoms with Gasteiger partial charge in [-0.25, -0.2) is 4.79 Å². The third kappa shape index (κ3) is 6.53. The van der Waals surface area contributed by atoms with Crippen molar-refractivity contribution >= 4 is 17.3 Å². The van der Waals surface area contributed by atoms with E-state index >= 15 is 0 Å². The number of unbranched alkanes of at least 4 members (excludes halogenated alkanes) is 2. The molecule has 0 aliphatic heterocycles. The largest absolute Gasteiger partial charge is 0.494 e. The summed E-state index contributed by atoms with van der Waals surface area (Å²) in [6, 6.07) is 17.3. The lowest BCUT2D eigenvalue weighted by Gasteiger charge is -2.07. The highest BCUT2D eigenvalue weighted by Crippen LogP contribution is 2.22. The van der Waals surface area contributed by atoms with E-state index in [0.29, 0.717) is 29.3 Å². The number of esters is 1. The van der Waals surface area contributed by atoms with Crippen LogP contribution in [-0.4, -0.2) is 17.6 Å². The second kappa shape index (κ2) is 10.7. The fourth-order valence-corrected chi connectivity index (χ4v) is 2.50. The molecular weight excluding hydrogens is 366 g/mol. The lowest BCUT2D eigenvalue weighted by molar-refractivity contribution is 0.0734. The number of carbonyl (C=O) groups excluding carboxylic acids is 1. The van der Waals surface area contributed by atoms with Crippen molar-refractivity contribution in [2.75, 3.05) is 6.61 Å². The average Bonchev–Trinajstić information content (AvgIpc) is 2.77. The van der Waals surface area contributed by atoms with E-state index in [1.54, 1.807) is 73.1 Å². The molecule has 0 spiro atoms. The predicted octanol–water partition coefficient (Wildman–Crippen LogP) is 6.29. The van der Waals surface area contributed by atoms with E-state index in [4.69, 9.17) is 9.47 Å². The molecule has 2 aromatic carbocycles.